The van der Waals surface area contributed by atoms with E-state index in [1.165, 1.54) is 4.31 Å². The largest absolute Gasteiger partial charge is 0.319 e. The van der Waals surface area contributed by atoms with Crippen LogP contribution in [0.1, 0.15) is 18.4 Å². The Morgan fingerprint density at radius 2 is 2.35 bits per heavy atom. The van der Waals surface area contributed by atoms with Gasteiger partial charge < -0.3 is 5.32 Å². The fourth-order valence-electron chi connectivity index (χ4n) is 2.61. The predicted molar refractivity (Wildman–Crippen MR) is 82.9 cm³/mol. The lowest BCUT2D eigenvalue weighted by Gasteiger charge is -2.34. The van der Waals surface area contributed by atoms with Gasteiger partial charge in [-0.3, -0.25) is 0 Å². The molecule has 1 aliphatic heterocycles. The summed E-state index contributed by atoms with van der Waals surface area (Å²) in [6.45, 7) is 2.58. The van der Waals surface area contributed by atoms with Crippen molar-refractivity contribution in [1.82, 2.24) is 13.9 Å². The lowest BCUT2D eigenvalue weighted by atomic mass is 10.00. The highest BCUT2D eigenvalue weighted by Crippen LogP contribution is 2.21. The van der Waals surface area contributed by atoms with Crippen molar-refractivity contribution in [3.63, 3.8) is 0 Å². The summed E-state index contributed by atoms with van der Waals surface area (Å²) in [6.07, 6.45) is 2.04. The summed E-state index contributed by atoms with van der Waals surface area (Å²) < 4.78 is 28.3. The Labute approximate surface area is 125 Å². The Bertz CT molecular complexity index is 500. The van der Waals surface area contributed by atoms with Crippen LogP contribution in [-0.4, -0.2) is 50.8 Å². The second-order valence-corrected chi connectivity index (χ2v) is 8.13. The molecule has 1 aromatic rings. The highest BCUT2D eigenvalue weighted by molar-refractivity contribution is 7.86. The molecule has 0 aliphatic carbocycles. The molecule has 0 bridgehead atoms. The van der Waals surface area contributed by atoms with E-state index in [1.54, 1.807) is 22.7 Å². The molecule has 0 aromatic carbocycles. The quantitative estimate of drug-likeness (QED) is 0.862. The van der Waals surface area contributed by atoms with Crippen LogP contribution in [0, 0.1) is 5.92 Å². The van der Waals surface area contributed by atoms with Crippen molar-refractivity contribution in [2.75, 3.05) is 33.7 Å². The normalized spacial score (nSPS) is 21.4. The smallest absolute Gasteiger partial charge is 0.282 e. The molecule has 1 aliphatic rings. The van der Waals surface area contributed by atoms with E-state index in [9.17, 15) is 8.42 Å². The molecule has 2 heterocycles. The average Bonchev–Trinajstić information content (AvgIpc) is 2.92. The third-order valence-electron chi connectivity index (χ3n) is 3.68. The van der Waals surface area contributed by atoms with E-state index in [4.69, 9.17) is 0 Å². The number of thiophene rings is 1. The first-order valence-corrected chi connectivity index (χ1v) is 9.25. The highest BCUT2D eigenvalue weighted by atomic mass is 32.2. The molecule has 0 radical (unpaired) electrons. The maximum absolute atomic E-state index is 12.6. The predicted octanol–water partition coefficient (Wildman–Crippen LogP) is 1.36. The summed E-state index contributed by atoms with van der Waals surface area (Å²) in [5.41, 5.74) is 1.05. The molecule has 1 aromatic heterocycles. The zero-order chi connectivity index (χ0) is 14.6. The number of nitrogens with zero attached hydrogens (tertiary/aromatic N) is 2. The number of hydrogen-bond donors (Lipinski definition) is 1. The molecule has 0 saturated carbocycles. The number of nitrogens with one attached hydrogen (secondary N) is 1. The van der Waals surface area contributed by atoms with E-state index in [1.807, 2.05) is 23.9 Å². The van der Waals surface area contributed by atoms with Gasteiger partial charge in [-0.15, -0.1) is 0 Å². The zero-order valence-corrected chi connectivity index (χ0v) is 13.7. The molecule has 2 rings (SSSR count). The first kappa shape index (κ1) is 15.9. The van der Waals surface area contributed by atoms with Crippen LogP contribution in [-0.2, 0) is 16.8 Å². The zero-order valence-electron chi connectivity index (χ0n) is 12.1. The maximum atomic E-state index is 12.6. The van der Waals surface area contributed by atoms with Gasteiger partial charge in [-0.05, 0) is 54.7 Å². The molecule has 1 N–H and O–H groups in total. The van der Waals surface area contributed by atoms with Gasteiger partial charge in [-0.2, -0.15) is 28.4 Å². The maximum Gasteiger partial charge on any atom is 0.282 e. The first-order valence-electron chi connectivity index (χ1n) is 6.91. The molecule has 1 atom stereocenters. The van der Waals surface area contributed by atoms with Gasteiger partial charge >= 0.3 is 0 Å². The lowest BCUT2D eigenvalue weighted by Crippen LogP contribution is -2.47. The Hall–Kier alpha value is -0.470. The van der Waals surface area contributed by atoms with E-state index in [0.29, 0.717) is 25.6 Å². The Kier molecular flexibility index (Phi) is 5.57. The minimum Gasteiger partial charge on any atom is -0.319 e. The summed E-state index contributed by atoms with van der Waals surface area (Å²) in [5, 5.41) is 7.11. The minimum atomic E-state index is -3.35. The summed E-state index contributed by atoms with van der Waals surface area (Å²) in [5.74, 6) is 0.415. The standard InChI is InChI=1S/C13H23N3O2S2/c1-14-8-12-4-3-6-16(10-12)20(17,18)15(2)9-13-5-7-19-11-13/h5,7,11-12,14H,3-4,6,8-10H2,1-2H3. The molecule has 0 spiro atoms. The van der Waals surface area contributed by atoms with Crippen molar-refractivity contribution < 1.29 is 8.42 Å². The third-order valence-corrected chi connectivity index (χ3v) is 6.31. The van der Waals surface area contributed by atoms with Gasteiger partial charge in [-0.25, -0.2) is 0 Å². The van der Waals surface area contributed by atoms with E-state index < -0.39 is 10.2 Å². The molecule has 5 nitrogen and oxygen atoms in total. The molecule has 0 amide bonds. The molecule has 1 fully saturated rings. The van der Waals surface area contributed by atoms with E-state index in [2.05, 4.69) is 5.32 Å². The summed E-state index contributed by atoms with van der Waals surface area (Å²) in [4.78, 5) is 0. The number of hydrogen-bond acceptors (Lipinski definition) is 4. The fourth-order valence-corrected chi connectivity index (χ4v) is 4.74. The van der Waals surface area contributed by atoms with Crippen molar-refractivity contribution in [3.05, 3.63) is 22.4 Å². The Balaban J connectivity index is 2.01. The SMILES string of the molecule is CNCC1CCCN(S(=O)(=O)N(C)Cc2ccsc2)C1. The molecular formula is C13H23N3O2S2. The number of piperidine rings is 1. The highest BCUT2D eigenvalue weighted by Gasteiger charge is 2.31. The second kappa shape index (κ2) is 7.00. The van der Waals surface area contributed by atoms with Gasteiger partial charge in [-0.1, -0.05) is 0 Å². The van der Waals surface area contributed by atoms with Crippen LogP contribution in [0.2, 0.25) is 0 Å². The van der Waals surface area contributed by atoms with Crippen LogP contribution >= 0.6 is 11.3 Å². The topological polar surface area (TPSA) is 52.7 Å². The molecular weight excluding hydrogens is 294 g/mol. The second-order valence-electron chi connectivity index (χ2n) is 5.32. The number of rotatable bonds is 6. The van der Waals surface area contributed by atoms with E-state index >= 15 is 0 Å². The van der Waals surface area contributed by atoms with Crippen molar-refractivity contribution in [3.8, 4) is 0 Å². The fraction of sp³-hybridized carbons (Fsp3) is 0.692. The van der Waals surface area contributed by atoms with Gasteiger partial charge in [0.1, 0.15) is 0 Å². The monoisotopic (exact) mass is 317 g/mol. The third kappa shape index (κ3) is 3.79. The van der Waals surface area contributed by atoms with E-state index in [0.717, 1.165) is 24.9 Å². The van der Waals surface area contributed by atoms with Crippen molar-refractivity contribution in [1.29, 1.82) is 0 Å². The van der Waals surface area contributed by atoms with Gasteiger partial charge in [0, 0.05) is 26.7 Å². The summed E-state index contributed by atoms with van der Waals surface area (Å²) in [6, 6.07) is 1.97. The lowest BCUT2D eigenvalue weighted by molar-refractivity contribution is 0.248. The van der Waals surface area contributed by atoms with Crippen LogP contribution in [0.4, 0.5) is 0 Å². The van der Waals surface area contributed by atoms with Gasteiger partial charge in [0.05, 0.1) is 0 Å². The van der Waals surface area contributed by atoms with Crippen molar-refractivity contribution >= 4 is 21.5 Å². The summed E-state index contributed by atoms with van der Waals surface area (Å²) >= 11 is 1.59. The van der Waals surface area contributed by atoms with Crippen LogP contribution in [0.25, 0.3) is 0 Å². The van der Waals surface area contributed by atoms with Crippen LogP contribution < -0.4 is 5.32 Å². The van der Waals surface area contributed by atoms with Crippen LogP contribution in [0.5, 0.6) is 0 Å². The van der Waals surface area contributed by atoms with Crippen molar-refractivity contribution in [2.45, 2.75) is 19.4 Å². The molecule has 1 unspecified atom stereocenters. The molecule has 7 heteroatoms. The Morgan fingerprint density at radius 3 is 3.00 bits per heavy atom. The molecule has 20 heavy (non-hydrogen) atoms. The van der Waals surface area contributed by atoms with Gasteiger partial charge in [0.2, 0.25) is 0 Å². The van der Waals surface area contributed by atoms with Crippen LogP contribution in [0.3, 0.4) is 0 Å². The van der Waals surface area contributed by atoms with E-state index in [-0.39, 0.29) is 0 Å². The first-order chi connectivity index (χ1) is 9.54. The van der Waals surface area contributed by atoms with Crippen LogP contribution in [0.15, 0.2) is 16.8 Å². The molecule has 1 saturated heterocycles. The molecule has 114 valence electrons. The van der Waals surface area contributed by atoms with Gasteiger partial charge in [0.15, 0.2) is 0 Å². The minimum absolute atomic E-state index is 0.415. The van der Waals surface area contributed by atoms with Crippen molar-refractivity contribution in [2.24, 2.45) is 5.92 Å². The van der Waals surface area contributed by atoms with Gasteiger partial charge in [0.25, 0.3) is 10.2 Å². The average molecular weight is 317 g/mol. The Morgan fingerprint density at radius 1 is 1.55 bits per heavy atom. The summed E-state index contributed by atoms with van der Waals surface area (Å²) in [7, 11) is 0.228.